The van der Waals surface area contributed by atoms with Crippen LogP contribution in [0, 0.1) is 17.3 Å². The maximum absolute atomic E-state index is 13.2. The Balaban J connectivity index is 1.50. The number of hydrogen-bond acceptors (Lipinski definition) is 3. The van der Waals surface area contributed by atoms with Crippen molar-refractivity contribution in [2.75, 3.05) is 18.1 Å². The van der Waals surface area contributed by atoms with Crippen molar-refractivity contribution in [3.8, 4) is 0 Å². The van der Waals surface area contributed by atoms with Gasteiger partial charge in [-0.1, -0.05) is 22.9 Å². The van der Waals surface area contributed by atoms with Crippen LogP contribution in [-0.4, -0.2) is 47.6 Å². The second kappa shape index (κ2) is 6.22. The van der Waals surface area contributed by atoms with Gasteiger partial charge in [0.15, 0.2) is 9.84 Å². The highest BCUT2D eigenvalue weighted by molar-refractivity contribution is 9.10. The van der Waals surface area contributed by atoms with Crippen molar-refractivity contribution in [2.24, 2.45) is 17.3 Å². The molecule has 1 heterocycles. The summed E-state index contributed by atoms with van der Waals surface area (Å²) >= 11 is 4.03. The molecule has 25 heavy (non-hydrogen) atoms. The van der Waals surface area contributed by atoms with Crippen LogP contribution >= 0.6 is 15.9 Å². The van der Waals surface area contributed by atoms with E-state index in [1.807, 2.05) is 4.90 Å². The Morgan fingerprint density at radius 1 is 1.20 bits per heavy atom. The molecule has 1 amide bonds. The normalized spacial score (nSPS) is 44.2. The minimum absolute atomic E-state index is 0.0932. The Kier molecular flexibility index (Phi) is 4.54. The van der Waals surface area contributed by atoms with Crippen molar-refractivity contribution in [1.82, 2.24) is 4.90 Å². The van der Waals surface area contributed by atoms with Gasteiger partial charge in [-0.25, -0.2) is 8.42 Å². The second-order valence-electron chi connectivity index (χ2n) is 9.43. The smallest absolute Gasteiger partial charge is 0.223 e. The number of carbonyl (C=O) groups excluding carboxylic acids is 1. The molecule has 4 bridgehead atoms. The Hall–Kier alpha value is -0.100. The Morgan fingerprint density at radius 2 is 1.88 bits per heavy atom. The summed E-state index contributed by atoms with van der Waals surface area (Å²) < 4.78 is 24.0. The first-order chi connectivity index (χ1) is 11.7. The van der Waals surface area contributed by atoms with Gasteiger partial charge in [-0.2, -0.15) is 0 Å². The van der Waals surface area contributed by atoms with Crippen molar-refractivity contribution in [1.29, 1.82) is 0 Å². The molecule has 0 aromatic rings. The van der Waals surface area contributed by atoms with E-state index in [4.69, 9.17) is 0 Å². The van der Waals surface area contributed by atoms with E-state index in [0.717, 1.165) is 24.7 Å². The second-order valence-corrected chi connectivity index (χ2v) is 13.3. The lowest BCUT2D eigenvalue weighted by Gasteiger charge is -2.60. The molecule has 5 rings (SSSR count). The molecule has 4 aliphatic carbocycles. The van der Waals surface area contributed by atoms with Gasteiger partial charge in [0.25, 0.3) is 0 Å². The molecule has 1 saturated heterocycles. The average Bonchev–Trinajstić information content (AvgIpc) is 2.81. The van der Waals surface area contributed by atoms with Gasteiger partial charge in [-0.05, 0) is 68.6 Å². The highest BCUT2D eigenvalue weighted by Crippen LogP contribution is 2.65. The molecule has 4 nitrogen and oxygen atoms in total. The minimum atomic E-state index is -2.96. The molecule has 0 N–H and O–H groups in total. The molecular formula is C19H30BrNO3S. The number of amides is 1. The molecule has 1 aliphatic heterocycles. The van der Waals surface area contributed by atoms with Crippen molar-refractivity contribution in [3.05, 3.63) is 0 Å². The number of halogens is 1. The van der Waals surface area contributed by atoms with Gasteiger partial charge in [0.1, 0.15) is 0 Å². The highest BCUT2D eigenvalue weighted by Gasteiger charge is 2.57. The number of sulfone groups is 1. The molecule has 0 aromatic carbocycles. The molecule has 142 valence electrons. The van der Waals surface area contributed by atoms with Crippen LogP contribution in [0.2, 0.25) is 0 Å². The molecule has 4 saturated carbocycles. The number of alkyl halides is 1. The molecule has 5 fully saturated rings. The van der Waals surface area contributed by atoms with Crippen LogP contribution in [0.25, 0.3) is 0 Å². The van der Waals surface area contributed by atoms with Crippen molar-refractivity contribution in [3.63, 3.8) is 0 Å². The maximum Gasteiger partial charge on any atom is 0.223 e. The topological polar surface area (TPSA) is 54.5 Å². The molecule has 3 unspecified atom stereocenters. The zero-order valence-electron chi connectivity index (χ0n) is 15.2. The van der Waals surface area contributed by atoms with Crippen LogP contribution in [0.15, 0.2) is 0 Å². The van der Waals surface area contributed by atoms with E-state index in [0.29, 0.717) is 19.4 Å². The Morgan fingerprint density at radius 3 is 2.40 bits per heavy atom. The average molecular weight is 432 g/mol. The lowest BCUT2D eigenvalue weighted by Crippen LogP contribution is -2.54. The van der Waals surface area contributed by atoms with E-state index in [9.17, 15) is 13.2 Å². The van der Waals surface area contributed by atoms with Gasteiger partial charge >= 0.3 is 0 Å². The largest absolute Gasteiger partial charge is 0.339 e. The maximum atomic E-state index is 13.2. The Labute approximate surface area is 160 Å². The molecular weight excluding hydrogens is 402 g/mol. The van der Waals surface area contributed by atoms with Crippen LogP contribution in [0.5, 0.6) is 0 Å². The zero-order valence-corrected chi connectivity index (χ0v) is 17.6. The molecule has 6 heteroatoms. The van der Waals surface area contributed by atoms with E-state index < -0.39 is 9.84 Å². The van der Waals surface area contributed by atoms with Crippen molar-refractivity contribution in [2.45, 2.75) is 75.1 Å². The molecule has 0 aromatic heterocycles. The number of carbonyl (C=O) groups is 1. The van der Waals surface area contributed by atoms with Crippen molar-refractivity contribution < 1.29 is 13.2 Å². The van der Waals surface area contributed by atoms with Gasteiger partial charge in [-0.15, -0.1) is 0 Å². The molecule has 0 spiro atoms. The summed E-state index contributed by atoms with van der Waals surface area (Å²) in [6, 6.07) is -0.0932. The number of nitrogens with zero attached hydrogens (tertiary/aromatic N) is 1. The van der Waals surface area contributed by atoms with Crippen molar-refractivity contribution >= 4 is 31.7 Å². The summed E-state index contributed by atoms with van der Waals surface area (Å²) in [5.41, 5.74) is 0.161. The molecule has 3 atom stereocenters. The van der Waals surface area contributed by atoms with Gasteiger partial charge < -0.3 is 4.90 Å². The van der Waals surface area contributed by atoms with Crippen LogP contribution < -0.4 is 0 Å². The summed E-state index contributed by atoms with van der Waals surface area (Å²) in [4.78, 5) is 15.2. The SMILES string of the molecule is CCCN(C(=O)CC12CC3CC(CC(Br)(C3)C1)C2)C1CCS(=O)(=O)C1. The van der Waals surface area contributed by atoms with Gasteiger partial charge in [-0.3, -0.25) is 4.79 Å². The van der Waals surface area contributed by atoms with E-state index in [1.165, 1.54) is 32.1 Å². The summed E-state index contributed by atoms with van der Waals surface area (Å²) in [7, 11) is -2.96. The summed E-state index contributed by atoms with van der Waals surface area (Å²) in [5.74, 6) is 2.17. The third kappa shape index (κ3) is 3.54. The molecule has 0 radical (unpaired) electrons. The third-order valence-electron chi connectivity index (χ3n) is 7.07. The van der Waals surface area contributed by atoms with Crippen LogP contribution in [0.3, 0.4) is 0 Å². The predicted molar refractivity (Wildman–Crippen MR) is 102 cm³/mol. The summed E-state index contributed by atoms with van der Waals surface area (Å²) in [5, 5.41) is 0. The zero-order chi connectivity index (χ0) is 17.9. The minimum Gasteiger partial charge on any atom is -0.339 e. The first-order valence-corrected chi connectivity index (χ1v) is 12.5. The van der Waals surface area contributed by atoms with Crippen LogP contribution in [-0.2, 0) is 14.6 Å². The Bertz CT molecular complexity index is 648. The fourth-order valence-corrected chi connectivity index (χ4v) is 9.98. The fraction of sp³-hybridized carbons (Fsp3) is 0.947. The standard InChI is InChI=1S/C19H30BrNO3S/c1-2-4-21(16-3-5-25(23,24)12-16)17(22)11-18-7-14-6-15(8-18)10-19(20,9-14)13-18/h14-16H,2-13H2,1H3. The van der Waals surface area contributed by atoms with Gasteiger partial charge in [0, 0.05) is 23.3 Å². The quantitative estimate of drug-likeness (QED) is 0.625. The molecule has 5 aliphatic rings. The van der Waals surface area contributed by atoms with Gasteiger partial charge in [0.2, 0.25) is 5.91 Å². The first kappa shape index (κ1) is 18.3. The van der Waals surface area contributed by atoms with Crippen LogP contribution in [0.1, 0.15) is 64.7 Å². The van der Waals surface area contributed by atoms with Crippen LogP contribution in [0.4, 0.5) is 0 Å². The predicted octanol–water partition coefficient (Wildman–Crippen LogP) is 3.54. The first-order valence-electron chi connectivity index (χ1n) is 9.90. The fourth-order valence-electron chi connectivity index (χ4n) is 6.74. The van der Waals surface area contributed by atoms with E-state index in [-0.39, 0.29) is 33.2 Å². The number of hydrogen-bond donors (Lipinski definition) is 0. The monoisotopic (exact) mass is 431 g/mol. The summed E-state index contributed by atoms with van der Waals surface area (Å²) in [6.07, 6.45) is 9.57. The van der Waals surface area contributed by atoms with Gasteiger partial charge in [0.05, 0.1) is 11.5 Å². The highest BCUT2D eigenvalue weighted by atomic mass is 79.9. The summed E-state index contributed by atoms with van der Waals surface area (Å²) in [6.45, 7) is 2.77. The van der Waals surface area contributed by atoms with E-state index in [2.05, 4.69) is 22.9 Å². The lowest BCUT2D eigenvalue weighted by atomic mass is 9.48. The number of rotatable bonds is 5. The van der Waals surface area contributed by atoms with E-state index >= 15 is 0 Å². The third-order valence-corrected chi connectivity index (χ3v) is 9.75. The lowest BCUT2D eigenvalue weighted by molar-refractivity contribution is -0.140. The van der Waals surface area contributed by atoms with E-state index in [1.54, 1.807) is 0 Å².